The molecule has 0 aromatic heterocycles. The standard InChI is InChI=1S/C40H76O5S/c1-3-5-7-9-11-13-15-17-19-21-23-25-27-29-31-33-37(41)43-35-39-45-40(46-39)36-44-38(42)34-32-30-28-26-24-22-20-18-16-14-12-10-8-6-4-2/h39-40H,3-36H2,1-2H3. The lowest BCUT2D eigenvalue weighted by Gasteiger charge is -2.34. The third-order valence-electron chi connectivity index (χ3n) is 9.34. The first-order chi connectivity index (χ1) is 22.7. The van der Waals surface area contributed by atoms with E-state index in [0.29, 0.717) is 12.8 Å². The molecule has 5 nitrogen and oxygen atoms in total. The number of esters is 2. The Morgan fingerprint density at radius 3 is 0.870 bits per heavy atom. The summed E-state index contributed by atoms with van der Waals surface area (Å²) in [5.41, 5.74) is -0.270. The van der Waals surface area contributed by atoms with E-state index in [-0.39, 0.29) is 36.0 Å². The second kappa shape index (κ2) is 34.1. The summed E-state index contributed by atoms with van der Waals surface area (Å²) in [6.45, 7) is 5.12. The van der Waals surface area contributed by atoms with Gasteiger partial charge in [0.25, 0.3) is 0 Å². The molecule has 0 amide bonds. The highest BCUT2D eigenvalue weighted by molar-refractivity contribution is 8.01. The minimum Gasteiger partial charge on any atom is -0.462 e. The molecule has 2 atom stereocenters. The van der Waals surface area contributed by atoms with Gasteiger partial charge in [-0.15, -0.1) is 0 Å². The van der Waals surface area contributed by atoms with Gasteiger partial charge in [0.2, 0.25) is 0 Å². The zero-order valence-electron chi connectivity index (χ0n) is 30.6. The molecule has 0 aliphatic carbocycles. The predicted molar refractivity (Wildman–Crippen MR) is 197 cm³/mol. The van der Waals surface area contributed by atoms with Crippen molar-refractivity contribution < 1.29 is 23.8 Å². The van der Waals surface area contributed by atoms with Crippen LogP contribution in [0, 0.1) is 0 Å². The monoisotopic (exact) mass is 669 g/mol. The van der Waals surface area contributed by atoms with E-state index in [2.05, 4.69) is 13.8 Å². The number of rotatable bonds is 36. The first-order valence-electron chi connectivity index (χ1n) is 20.3. The number of hydrogen-bond acceptors (Lipinski definition) is 6. The van der Waals surface area contributed by atoms with Crippen LogP contribution in [-0.4, -0.2) is 36.0 Å². The summed E-state index contributed by atoms with van der Waals surface area (Å²) in [5.74, 6) is -0.255. The average Bonchev–Trinajstić information content (AvgIpc) is 3.03. The van der Waals surface area contributed by atoms with Crippen molar-refractivity contribution in [3.63, 3.8) is 0 Å². The molecule has 1 fully saturated rings. The molecule has 1 saturated heterocycles. The molecule has 46 heavy (non-hydrogen) atoms. The van der Waals surface area contributed by atoms with Crippen molar-refractivity contribution in [3.8, 4) is 0 Å². The van der Waals surface area contributed by atoms with Gasteiger partial charge < -0.3 is 14.2 Å². The van der Waals surface area contributed by atoms with Crippen LogP contribution in [0.2, 0.25) is 0 Å². The van der Waals surface area contributed by atoms with E-state index in [1.165, 1.54) is 167 Å². The molecular formula is C40H76O5S. The van der Waals surface area contributed by atoms with Crippen LogP contribution >= 0.6 is 11.8 Å². The van der Waals surface area contributed by atoms with E-state index < -0.39 is 0 Å². The summed E-state index contributed by atoms with van der Waals surface area (Å²) in [6.07, 6.45) is 40.6. The Kier molecular flexibility index (Phi) is 32.1. The zero-order valence-corrected chi connectivity index (χ0v) is 31.5. The molecule has 0 radical (unpaired) electrons. The van der Waals surface area contributed by atoms with Gasteiger partial charge in [0, 0.05) is 12.8 Å². The summed E-state index contributed by atoms with van der Waals surface area (Å²) < 4.78 is 16.5. The minimum absolute atomic E-state index is 0.128. The summed E-state index contributed by atoms with van der Waals surface area (Å²) in [5, 5.41) is 0. The summed E-state index contributed by atoms with van der Waals surface area (Å²) in [7, 11) is 0. The molecule has 1 rings (SSSR count). The third-order valence-corrected chi connectivity index (χ3v) is 10.4. The van der Waals surface area contributed by atoms with Crippen molar-refractivity contribution in [1.82, 2.24) is 0 Å². The van der Waals surface area contributed by atoms with Crippen LogP contribution in [0.5, 0.6) is 0 Å². The molecule has 0 aromatic carbocycles. The van der Waals surface area contributed by atoms with Crippen molar-refractivity contribution in [2.24, 2.45) is 0 Å². The second-order valence-electron chi connectivity index (χ2n) is 13.9. The van der Waals surface area contributed by atoms with Gasteiger partial charge in [0.05, 0.1) is 0 Å². The molecular weight excluding hydrogens is 593 g/mol. The molecule has 0 spiro atoms. The lowest BCUT2D eigenvalue weighted by Crippen LogP contribution is -2.38. The maximum absolute atomic E-state index is 12.0. The van der Waals surface area contributed by atoms with Crippen molar-refractivity contribution >= 4 is 23.7 Å². The number of unbranched alkanes of at least 4 members (excludes halogenated alkanes) is 28. The van der Waals surface area contributed by atoms with Crippen molar-refractivity contribution in [1.29, 1.82) is 0 Å². The summed E-state index contributed by atoms with van der Waals surface area (Å²) in [6, 6.07) is 0. The fraction of sp³-hybridized carbons (Fsp3) is 0.950. The topological polar surface area (TPSA) is 61.8 Å². The van der Waals surface area contributed by atoms with Crippen LogP contribution in [0.25, 0.3) is 0 Å². The van der Waals surface area contributed by atoms with Crippen LogP contribution in [-0.2, 0) is 23.8 Å². The smallest absolute Gasteiger partial charge is 0.305 e. The normalized spacial score (nSPS) is 16.0. The summed E-state index contributed by atoms with van der Waals surface area (Å²) in [4.78, 5) is 24.1. The van der Waals surface area contributed by atoms with Gasteiger partial charge in [-0.1, -0.05) is 205 Å². The first kappa shape index (κ1) is 43.3. The molecule has 272 valence electrons. The minimum atomic E-state index is -0.135. The highest BCUT2D eigenvalue weighted by atomic mass is 32.2. The lowest BCUT2D eigenvalue weighted by atomic mass is 10.0. The number of thioether (sulfide) groups is 1. The fourth-order valence-corrected chi connectivity index (χ4v) is 7.11. The SMILES string of the molecule is CCCCCCCCCCCCCCCCCC(=O)OCC1OC(COC(=O)CCCCCCCCCCCCCCCCC)S1. The van der Waals surface area contributed by atoms with Crippen LogP contribution in [0.15, 0.2) is 0 Å². The Hall–Kier alpha value is -0.750. The van der Waals surface area contributed by atoms with Gasteiger partial charge in [0.1, 0.15) is 24.1 Å². The van der Waals surface area contributed by atoms with Crippen LogP contribution in [0.1, 0.15) is 219 Å². The molecule has 0 bridgehead atoms. The predicted octanol–water partition coefficient (Wildman–Crippen LogP) is 13.0. The van der Waals surface area contributed by atoms with Gasteiger partial charge in [-0.25, -0.2) is 0 Å². The molecule has 6 heteroatoms. The van der Waals surface area contributed by atoms with Crippen molar-refractivity contribution in [2.45, 2.75) is 230 Å². The van der Waals surface area contributed by atoms with Crippen LogP contribution in [0.4, 0.5) is 0 Å². The third kappa shape index (κ3) is 29.4. The molecule has 2 unspecified atom stereocenters. The lowest BCUT2D eigenvalue weighted by molar-refractivity contribution is -0.150. The van der Waals surface area contributed by atoms with E-state index in [1.54, 1.807) is 11.8 Å². The number of ether oxygens (including phenoxy) is 3. The van der Waals surface area contributed by atoms with Crippen molar-refractivity contribution in [3.05, 3.63) is 0 Å². The number of carbonyl (C=O) groups is 2. The second-order valence-corrected chi connectivity index (χ2v) is 15.2. The first-order valence-corrected chi connectivity index (χ1v) is 21.2. The Morgan fingerprint density at radius 1 is 0.413 bits per heavy atom. The highest BCUT2D eigenvalue weighted by Crippen LogP contribution is 2.33. The van der Waals surface area contributed by atoms with E-state index in [9.17, 15) is 9.59 Å². The number of hydrogen-bond donors (Lipinski definition) is 0. The maximum atomic E-state index is 12.0. The number of carbonyl (C=O) groups excluding carboxylic acids is 2. The molecule has 0 aromatic rings. The quantitative estimate of drug-likeness (QED) is 0.0489. The van der Waals surface area contributed by atoms with Gasteiger partial charge in [-0.2, -0.15) is 0 Å². The zero-order chi connectivity index (χ0) is 33.2. The molecule has 1 aliphatic rings. The Labute approximate surface area is 290 Å². The largest absolute Gasteiger partial charge is 0.462 e. The summed E-state index contributed by atoms with van der Waals surface area (Å²) >= 11 is 1.58. The molecule has 1 heterocycles. The van der Waals surface area contributed by atoms with E-state index >= 15 is 0 Å². The Balaban J connectivity index is 1.77. The van der Waals surface area contributed by atoms with Gasteiger partial charge in [0.15, 0.2) is 0 Å². The Morgan fingerprint density at radius 2 is 0.630 bits per heavy atom. The van der Waals surface area contributed by atoms with Gasteiger partial charge in [-0.05, 0) is 12.8 Å². The molecule has 0 N–H and O–H groups in total. The van der Waals surface area contributed by atoms with Crippen LogP contribution in [0.3, 0.4) is 0 Å². The van der Waals surface area contributed by atoms with Gasteiger partial charge >= 0.3 is 11.9 Å². The van der Waals surface area contributed by atoms with Crippen molar-refractivity contribution in [2.75, 3.05) is 13.2 Å². The maximum Gasteiger partial charge on any atom is 0.305 e. The molecule has 0 saturated carbocycles. The van der Waals surface area contributed by atoms with E-state index in [4.69, 9.17) is 14.2 Å². The fourth-order valence-electron chi connectivity index (χ4n) is 6.25. The average molecular weight is 669 g/mol. The highest BCUT2D eigenvalue weighted by Gasteiger charge is 2.32. The molecule has 1 aliphatic heterocycles. The van der Waals surface area contributed by atoms with Gasteiger partial charge in [-0.3, -0.25) is 9.59 Å². The van der Waals surface area contributed by atoms with Crippen LogP contribution < -0.4 is 0 Å². The van der Waals surface area contributed by atoms with E-state index in [1.807, 2.05) is 0 Å². The Bertz CT molecular complexity index is 612. The van der Waals surface area contributed by atoms with E-state index in [0.717, 1.165) is 25.7 Å².